The predicted molar refractivity (Wildman–Crippen MR) is 149 cm³/mol. The van der Waals surface area contributed by atoms with Crippen LogP contribution >= 0.6 is 0 Å². The molecule has 38 heavy (non-hydrogen) atoms. The van der Waals surface area contributed by atoms with Crippen LogP contribution in [0.3, 0.4) is 0 Å². The SMILES string of the molecule is CC.CNC(=O)c1ccc(C(=O)C(CS(=O)(=O)c2ccc(C)cc2)S(=O)(=O)c2ccc(C)cc2)cc1.CO. The Labute approximate surface area is 225 Å². The maximum Gasteiger partial charge on any atom is 0.251 e. The van der Waals surface area contributed by atoms with Gasteiger partial charge in [0.2, 0.25) is 0 Å². The van der Waals surface area contributed by atoms with Gasteiger partial charge >= 0.3 is 0 Å². The first kappa shape index (κ1) is 32.7. The lowest BCUT2D eigenvalue weighted by Gasteiger charge is -2.18. The highest BCUT2D eigenvalue weighted by Gasteiger charge is 2.39. The number of hydrogen-bond acceptors (Lipinski definition) is 7. The summed E-state index contributed by atoms with van der Waals surface area (Å²) in [5.41, 5.74) is 1.94. The average Bonchev–Trinajstić information content (AvgIpc) is 2.93. The zero-order chi connectivity index (χ0) is 29.1. The van der Waals surface area contributed by atoms with E-state index in [1.807, 2.05) is 13.8 Å². The van der Waals surface area contributed by atoms with Gasteiger partial charge in [-0.1, -0.05) is 61.4 Å². The highest BCUT2D eigenvalue weighted by molar-refractivity contribution is 7.96. The standard InChI is InChI=1S/C25H25NO6S2.C2H6.CH4O/c1-17-4-12-21(13-5-17)33(29,30)16-23(34(31,32)22-14-6-18(2)7-15-22)24(27)19-8-10-20(11-9-19)25(28)26-3;2*1-2/h4-15,23H,16H2,1-3H3,(H,26,28);1-2H3;2H,1H3. The number of amides is 1. The Hall–Kier alpha value is -3.34. The summed E-state index contributed by atoms with van der Waals surface area (Å²) in [6.07, 6.45) is 0. The summed E-state index contributed by atoms with van der Waals surface area (Å²) in [5, 5.41) is 7.59. The van der Waals surface area contributed by atoms with E-state index in [4.69, 9.17) is 5.11 Å². The fourth-order valence-corrected chi connectivity index (χ4v) is 7.16. The second-order valence-corrected chi connectivity index (χ2v) is 12.1. The van der Waals surface area contributed by atoms with Gasteiger partial charge in [0.25, 0.3) is 5.91 Å². The Morgan fingerprint density at radius 2 is 1.11 bits per heavy atom. The normalized spacial score (nSPS) is 11.7. The van der Waals surface area contributed by atoms with E-state index in [2.05, 4.69) is 5.32 Å². The topological polar surface area (TPSA) is 135 Å². The molecule has 0 heterocycles. The molecule has 10 heteroatoms. The highest BCUT2D eigenvalue weighted by atomic mass is 32.2. The number of benzene rings is 3. The zero-order valence-corrected chi connectivity index (χ0v) is 24.1. The van der Waals surface area contributed by atoms with Crippen LogP contribution in [0.15, 0.2) is 82.6 Å². The van der Waals surface area contributed by atoms with Crippen molar-refractivity contribution >= 4 is 31.4 Å². The van der Waals surface area contributed by atoms with Crippen LogP contribution in [-0.4, -0.2) is 58.8 Å². The van der Waals surface area contributed by atoms with Gasteiger partial charge in [0.1, 0.15) is 5.25 Å². The van der Waals surface area contributed by atoms with Crippen molar-refractivity contribution in [2.24, 2.45) is 0 Å². The number of nitrogens with one attached hydrogen (secondary N) is 1. The van der Waals surface area contributed by atoms with Crippen LogP contribution in [0.4, 0.5) is 0 Å². The summed E-state index contributed by atoms with van der Waals surface area (Å²) in [6.45, 7) is 7.59. The van der Waals surface area contributed by atoms with Gasteiger partial charge in [0.15, 0.2) is 25.5 Å². The lowest BCUT2D eigenvalue weighted by molar-refractivity contribution is 0.0959. The minimum absolute atomic E-state index is 0.00699. The number of rotatable bonds is 8. The van der Waals surface area contributed by atoms with Crippen LogP contribution in [-0.2, 0) is 19.7 Å². The van der Waals surface area contributed by atoms with Crippen LogP contribution in [0.2, 0.25) is 0 Å². The van der Waals surface area contributed by atoms with E-state index in [1.165, 1.54) is 55.6 Å². The smallest absolute Gasteiger partial charge is 0.251 e. The summed E-state index contributed by atoms with van der Waals surface area (Å²) in [4.78, 5) is 25.0. The molecule has 3 rings (SSSR count). The van der Waals surface area contributed by atoms with Crippen LogP contribution in [0.25, 0.3) is 0 Å². The lowest BCUT2D eigenvalue weighted by atomic mass is 10.1. The number of carbonyl (C=O) groups excluding carboxylic acids is 2. The largest absolute Gasteiger partial charge is 0.400 e. The molecule has 0 fully saturated rings. The van der Waals surface area contributed by atoms with Crippen molar-refractivity contribution < 1.29 is 31.5 Å². The lowest BCUT2D eigenvalue weighted by Crippen LogP contribution is -2.37. The van der Waals surface area contributed by atoms with Crippen molar-refractivity contribution in [3.05, 3.63) is 95.1 Å². The zero-order valence-electron chi connectivity index (χ0n) is 22.4. The number of carbonyl (C=O) groups is 2. The number of aliphatic hydroxyl groups excluding tert-OH is 1. The number of Topliss-reactive ketones (excluding diaryl/α,β-unsaturated/α-hetero) is 1. The van der Waals surface area contributed by atoms with Crippen molar-refractivity contribution in [2.75, 3.05) is 19.9 Å². The van der Waals surface area contributed by atoms with E-state index in [0.717, 1.165) is 18.2 Å². The third-order valence-corrected chi connectivity index (χ3v) is 9.46. The molecule has 2 N–H and O–H groups in total. The van der Waals surface area contributed by atoms with E-state index in [9.17, 15) is 26.4 Å². The number of ketones is 1. The van der Waals surface area contributed by atoms with E-state index in [0.29, 0.717) is 0 Å². The second kappa shape index (κ2) is 14.6. The molecule has 0 aliphatic rings. The molecule has 0 saturated heterocycles. The van der Waals surface area contributed by atoms with Gasteiger partial charge in [-0.15, -0.1) is 0 Å². The van der Waals surface area contributed by atoms with Crippen molar-refractivity contribution in [1.82, 2.24) is 5.32 Å². The molecule has 0 aromatic heterocycles. The van der Waals surface area contributed by atoms with Crippen molar-refractivity contribution in [3.63, 3.8) is 0 Å². The fraction of sp³-hybridized carbons (Fsp3) is 0.286. The molecule has 3 aromatic carbocycles. The first-order valence-electron chi connectivity index (χ1n) is 11.9. The number of sulfone groups is 2. The van der Waals surface area contributed by atoms with Crippen molar-refractivity contribution in [1.29, 1.82) is 0 Å². The summed E-state index contributed by atoms with van der Waals surface area (Å²) < 4.78 is 53.3. The molecule has 1 unspecified atom stereocenters. The van der Waals surface area contributed by atoms with Crippen LogP contribution in [0, 0.1) is 13.8 Å². The van der Waals surface area contributed by atoms with Gasteiger partial charge in [-0.25, -0.2) is 16.8 Å². The molecule has 1 amide bonds. The molecule has 0 bridgehead atoms. The molecule has 0 aliphatic carbocycles. The minimum Gasteiger partial charge on any atom is -0.400 e. The van der Waals surface area contributed by atoms with E-state index < -0.39 is 36.5 Å². The summed E-state index contributed by atoms with van der Waals surface area (Å²) in [6, 6.07) is 17.3. The number of aryl methyl sites for hydroxylation is 2. The maximum absolute atomic E-state index is 13.5. The van der Waals surface area contributed by atoms with Crippen molar-refractivity contribution in [3.8, 4) is 0 Å². The molecule has 206 valence electrons. The number of hydrogen-bond donors (Lipinski definition) is 2. The summed E-state index contributed by atoms with van der Waals surface area (Å²) in [7, 11) is -6.01. The van der Waals surface area contributed by atoms with Crippen LogP contribution < -0.4 is 5.32 Å². The second-order valence-electron chi connectivity index (χ2n) is 7.96. The van der Waals surface area contributed by atoms with E-state index in [-0.39, 0.29) is 26.8 Å². The van der Waals surface area contributed by atoms with Gasteiger partial charge in [-0.2, -0.15) is 0 Å². The predicted octanol–water partition coefficient (Wildman–Crippen LogP) is 3.80. The third kappa shape index (κ3) is 8.08. The summed E-state index contributed by atoms with van der Waals surface area (Å²) >= 11 is 0. The molecule has 8 nitrogen and oxygen atoms in total. The molecular weight excluding hydrogens is 526 g/mol. The molecule has 0 radical (unpaired) electrons. The Morgan fingerprint density at radius 3 is 1.53 bits per heavy atom. The monoisotopic (exact) mass is 561 g/mol. The quantitative estimate of drug-likeness (QED) is 0.400. The Balaban J connectivity index is 0.00000172. The van der Waals surface area contributed by atoms with Gasteiger partial charge in [-0.05, 0) is 50.2 Å². The van der Waals surface area contributed by atoms with Gasteiger partial charge in [0.05, 0.1) is 15.5 Å². The first-order chi connectivity index (χ1) is 18.0. The first-order valence-corrected chi connectivity index (χ1v) is 15.1. The molecule has 0 aliphatic heterocycles. The molecule has 0 spiro atoms. The van der Waals surface area contributed by atoms with Crippen LogP contribution in [0.5, 0.6) is 0 Å². The summed E-state index contributed by atoms with van der Waals surface area (Å²) in [5.74, 6) is -2.15. The Bertz CT molecular complexity index is 1410. The maximum atomic E-state index is 13.5. The average molecular weight is 562 g/mol. The Kier molecular flexibility index (Phi) is 12.5. The van der Waals surface area contributed by atoms with E-state index in [1.54, 1.807) is 38.1 Å². The van der Waals surface area contributed by atoms with E-state index >= 15 is 0 Å². The number of aliphatic hydroxyl groups is 1. The molecular formula is C28H35NO7S2. The van der Waals surface area contributed by atoms with Crippen molar-refractivity contribution in [2.45, 2.75) is 42.7 Å². The van der Waals surface area contributed by atoms with Gasteiger partial charge in [0, 0.05) is 25.3 Å². The van der Waals surface area contributed by atoms with Crippen LogP contribution in [0.1, 0.15) is 45.7 Å². The molecule has 1 atom stereocenters. The Morgan fingerprint density at radius 1 is 0.711 bits per heavy atom. The van der Waals surface area contributed by atoms with Gasteiger partial charge < -0.3 is 10.4 Å². The molecule has 0 saturated carbocycles. The van der Waals surface area contributed by atoms with Gasteiger partial charge in [-0.3, -0.25) is 9.59 Å². The fourth-order valence-electron chi connectivity index (χ4n) is 3.36. The minimum atomic E-state index is -4.35. The highest BCUT2D eigenvalue weighted by Crippen LogP contribution is 2.24. The molecule has 3 aromatic rings. The third-order valence-electron chi connectivity index (χ3n) is 5.43.